The third kappa shape index (κ3) is 3.53. The summed E-state index contributed by atoms with van der Waals surface area (Å²) in [5.74, 6) is -2.30. The van der Waals surface area contributed by atoms with E-state index in [1.54, 1.807) is 11.5 Å². The van der Waals surface area contributed by atoms with Crippen LogP contribution in [0.25, 0.3) is 22.2 Å². The fraction of sp³-hybridized carbons (Fsp3) is 0.444. The van der Waals surface area contributed by atoms with E-state index in [4.69, 9.17) is 4.74 Å². The van der Waals surface area contributed by atoms with Crippen LogP contribution in [0.4, 0.5) is 17.6 Å². The van der Waals surface area contributed by atoms with E-state index in [1.165, 1.54) is 10.6 Å². The number of benzene rings is 1. The Labute approximate surface area is 218 Å². The number of esters is 1. The van der Waals surface area contributed by atoms with E-state index in [1.807, 2.05) is 0 Å². The Hall–Kier alpha value is -3.51. The molecule has 2 aromatic heterocycles. The van der Waals surface area contributed by atoms with Crippen molar-refractivity contribution in [2.45, 2.75) is 76.1 Å². The number of fused-ring (bicyclic) bond motifs is 5. The molecular weight excluding hydrogens is 524 g/mol. The average molecular weight is 548 g/mol. The second-order valence-electron chi connectivity index (χ2n) is 10.4. The van der Waals surface area contributed by atoms with Gasteiger partial charge in [0, 0.05) is 22.6 Å². The number of carbonyl (C=O) groups excluding carboxylic acids is 1. The van der Waals surface area contributed by atoms with Gasteiger partial charge in [-0.2, -0.15) is 13.2 Å². The maximum atomic E-state index is 15.0. The van der Waals surface area contributed by atoms with Crippen LogP contribution in [0.2, 0.25) is 0 Å². The Balaban J connectivity index is 1.69. The monoisotopic (exact) mass is 548 g/mol. The number of halogens is 4. The lowest BCUT2D eigenvalue weighted by atomic mass is 9.85. The number of aliphatic hydroxyl groups excluding tert-OH is 1. The first-order valence-corrected chi connectivity index (χ1v) is 12.7. The van der Waals surface area contributed by atoms with Crippen LogP contribution in [-0.4, -0.2) is 31.5 Å². The zero-order valence-corrected chi connectivity index (χ0v) is 20.8. The molecule has 0 radical (unpaired) electrons. The minimum atomic E-state index is -5.12. The number of rotatable bonds is 3. The molecule has 6 rings (SSSR count). The topological polar surface area (TPSA) is 111 Å². The van der Waals surface area contributed by atoms with Gasteiger partial charge >= 0.3 is 12.1 Å². The highest BCUT2D eigenvalue weighted by Gasteiger charge is 2.46. The molecule has 2 N–H and O–H groups in total. The van der Waals surface area contributed by atoms with Crippen molar-refractivity contribution in [1.82, 2.24) is 9.13 Å². The molecule has 0 spiro atoms. The normalized spacial score (nSPS) is 21.6. The second kappa shape index (κ2) is 8.49. The molecular formula is C27H24F4N2O6. The van der Waals surface area contributed by atoms with Crippen molar-refractivity contribution in [2.24, 2.45) is 0 Å². The number of aliphatic hydroxyl groups is 2. The number of alkyl halides is 3. The van der Waals surface area contributed by atoms with Crippen LogP contribution in [0.1, 0.15) is 73.6 Å². The van der Waals surface area contributed by atoms with Crippen molar-refractivity contribution in [2.75, 3.05) is 0 Å². The molecule has 0 amide bonds. The molecule has 2 atom stereocenters. The molecule has 4 heterocycles. The van der Waals surface area contributed by atoms with E-state index in [0.29, 0.717) is 24.6 Å². The summed E-state index contributed by atoms with van der Waals surface area (Å²) in [7, 11) is 0. The number of hydrogen-bond donors (Lipinski definition) is 2. The lowest BCUT2D eigenvalue weighted by Crippen LogP contribution is -2.44. The highest BCUT2D eigenvalue weighted by Crippen LogP contribution is 2.42. The van der Waals surface area contributed by atoms with Gasteiger partial charge in [0.2, 0.25) is 0 Å². The predicted molar refractivity (Wildman–Crippen MR) is 129 cm³/mol. The first kappa shape index (κ1) is 25.8. The molecule has 12 heteroatoms. The van der Waals surface area contributed by atoms with Crippen molar-refractivity contribution in [3.8, 4) is 11.3 Å². The molecule has 1 aliphatic carbocycles. The van der Waals surface area contributed by atoms with E-state index < -0.39 is 46.2 Å². The summed E-state index contributed by atoms with van der Waals surface area (Å²) < 4.78 is 63.0. The van der Waals surface area contributed by atoms with Gasteiger partial charge in [-0.3, -0.25) is 9.59 Å². The molecule has 3 aromatic rings. The number of ether oxygens (including phenoxy) is 1. The largest absolute Gasteiger partial charge is 0.458 e. The molecule has 1 saturated carbocycles. The minimum absolute atomic E-state index is 0.0343. The quantitative estimate of drug-likeness (QED) is 0.299. The van der Waals surface area contributed by atoms with E-state index in [-0.39, 0.29) is 58.9 Å². The Morgan fingerprint density at radius 3 is 2.49 bits per heavy atom. The number of carbonyl (C=O) groups is 1. The smallest absolute Gasteiger partial charge is 0.418 e. The third-order valence-corrected chi connectivity index (χ3v) is 8.33. The molecule has 3 aliphatic rings. The molecule has 1 aromatic carbocycles. The highest BCUT2D eigenvalue weighted by atomic mass is 19.4. The van der Waals surface area contributed by atoms with Crippen LogP contribution in [-0.2, 0) is 28.3 Å². The number of cyclic esters (lactones) is 1. The Morgan fingerprint density at radius 2 is 1.85 bits per heavy atom. The summed E-state index contributed by atoms with van der Waals surface area (Å²) in [4.78, 5) is 39.8. The highest BCUT2D eigenvalue weighted by molar-refractivity contribution is 5.88. The molecule has 0 unspecified atom stereocenters. The van der Waals surface area contributed by atoms with Crippen LogP contribution < -0.4 is 11.0 Å². The summed E-state index contributed by atoms with van der Waals surface area (Å²) in [6.07, 6.45) is -5.33. The van der Waals surface area contributed by atoms with Gasteiger partial charge in [0.25, 0.3) is 5.56 Å². The first-order valence-electron chi connectivity index (χ1n) is 12.7. The van der Waals surface area contributed by atoms with Gasteiger partial charge in [0.05, 0.1) is 34.6 Å². The zero-order valence-electron chi connectivity index (χ0n) is 20.8. The summed E-state index contributed by atoms with van der Waals surface area (Å²) in [5, 5.41) is 20.7. The SMILES string of the molecule is CC[C@@]1(O)C(=O)OCc2c1cc1n(c2=O)Cc2c-1c(=O)c1cc(F)c([C@H](O)C(F)(F)F)cc1n2C1CCCC1. The van der Waals surface area contributed by atoms with E-state index in [2.05, 4.69) is 0 Å². The molecule has 0 bridgehead atoms. The molecule has 206 valence electrons. The number of nitrogens with zero attached hydrogens (tertiary/aromatic N) is 2. The van der Waals surface area contributed by atoms with Crippen molar-refractivity contribution in [3.63, 3.8) is 0 Å². The zero-order chi connectivity index (χ0) is 28.0. The van der Waals surface area contributed by atoms with Gasteiger partial charge in [0.1, 0.15) is 12.4 Å². The van der Waals surface area contributed by atoms with Crippen LogP contribution >= 0.6 is 0 Å². The standard InChI is InChI=1S/C27H24F4N2O6/c1-2-26(38)16-9-19-21-20(10-32(19)24(36)15(16)11-39-25(26)37)33(12-5-3-4-6-12)18-8-13(23(35)27(29,30)31)17(28)7-14(18)22(21)34/h7-9,12,23,35,38H,2-6,10-11H2,1H3/t23-,26-/m0/s1. The van der Waals surface area contributed by atoms with Crippen LogP contribution in [0.3, 0.4) is 0 Å². The first-order chi connectivity index (χ1) is 18.4. The maximum absolute atomic E-state index is 15.0. The van der Waals surface area contributed by atoms with Crippen LogP contribution in [0.15, 0.2) is 27.8 Å². The number of pyridine rings is 2. The van der Waals surface area contributed by atoms with E-state index >= 15 is 0 Å². The molecule has 8 nitrogen and oxygen atoms in total. The van der Waals surface area contributed by atoms with Gasteiger partial charge in [0.15, 0.2) is 17.1 Å². The average Bonchev–Trinajstić information content (AvgIpc) is 3.55. The molecule has 2 aliphatic heterocycles. The van der Waals surface area contributed by atoms with Gasteiger partial charge in [-0.25, -0.2) is 9.18 Å². The Morgan fingerprint density at radius 1 is 1.15 bits per heavy atom. The van der Waals surface area contributed by atoms with Gasteiger partial charge in [-0.05, 0) is 37.5 Å². The van der Waals surface area contributed by atoms with Crippen molar-refractivity contribution in [1.29, 1.82) is 0 Å². The Kier molecular flexibility index (Phi) is 5.61. The van der Waals surface area contributed by atoms with Crippen LogP contribution in [0.5, 0.6) is 0 Å². The predicted octanol–water partition coefficient (Wildman–Crippen LogP) is 3.70. The molecule has 1 fully saturated rings. The maximum Gasteiger partial charge on any atom is 0.418 e. The fourth-order valence-corrected chi connectivity index (χ4v) is 6.29. The number of hydrogen-bond acceptors (Lipinski definition) is 6. The fourth-order valence-electron chi connectivity index (χ4n) is 6.29. The summed E-state index contributed by atoms with van der Waals surface area (Å²) in [5.41, 5.74) is -3.65. The lowest BCUT2D eigenvalue weighted by Gasteiger charge is -2.31. The van der Waals surface area contributed by atoms with E-state index in [9.17, 15) is 42.2 Å². The molecule has 39 heavy (non-hydrogen) atoms. The van der Waals surface area contributed by atoms with E-state index in [0.717, 1.165) is 18.9 Å². The van der Waals surface area contributed by atoms with Gasteiger partial charge < -0.3 is 24.1 Å². The lowest BCUT2D eigenvalue weighted by molar-refractivity contribution is -0.207. The van der Waals surface area contributed by atoms with Gasteiger partial charge in [-0.1, -0.05) is 19.8 Å². The third-order valence-electron chi connectivity index (χ3n) is 8.33. The summed E-state index contributed by atoms with van der Waals surface area (Å²) in [6.45, 7) is 1.10. The second-order valence-corrected chi connectivity index (χ2v) is 10.4. The Bertz CT molecular complexity index is 1690. The summed E-state index contributed by atoms with van der Waals surface area (Å²) in [6, 6.07) is 2.76. The van der Waals surface area contributed by atoms with Crippen molar-refractivity contribution >= 4 is 16.9 Å². The minimum Gasteiger partial charge on any atom is -0.458 e. The summed E-state index contributed by atoms with van der Waals surface area (Å²) >= 11 is 0. The molecule has 0 saturated heterocycles. The van der Waals surface area contributed by atoms with Gasteiger partial charge in [-0.15, -0.1) is 0 Å². The number of aromatic nitrogens is 2. The van der Waals surface area contributed by atoms with Crippen LogP contribution in [0, 0.1) is 5.82 Å². The van der Waals surface area contributed by atoms with Crippen molar-refractivity contribution < 1.29 is 37.3 Å². The van der Waals surface area contributed by atoms with Crippen molar-refractivity contribution in [3.05, 3.63) is 67.0 Å².